The molecule has 1 rings (SSSR count). The van der Waals surface area contributed by atoms with Crippen LogP contribution in [0.25, 0.3) is 0 Å². The molecular formula is C8H15N3. The lowest BCUT2D eigenvalue weighted by atomic mass is 10.4. The van der Waals surface area contributed by atoms with Gasteiger partial charge in [-0.15, -0.1) is 0 Å². The van der Waals surface area contributed by atoms with Crippen LogP contribution in [-0.2, 0) is 20.0 Å². The number of imidazole rings is 1. The fourth-order valence-corrected chi connectivity index (χ4v) is 1.14. The summed E-state index contributed by atoms with van der Waals surface area (Å²) in [6.45, 7) is 2.98. The molecule has 3 heteroatoms. The Kier molecular flexibility index (Phi) is 2.65. The maximum absolute atomic E-state index is 4.28. The van der Waals surface area contributed by atoms with Crippen LogP contribution in [0.5, 0.6) is 0 Å². The molecule has 3 nitrogen and oxygen atoms in total. The average Bonchev–Trinajstić information content (AvgIpc) is 2.34. The van der Waals surface area contributed by atoms with E-state index in [0.717, 1.165) is 18.8 Å². The Labute approximate surface area is 67.4 Å². The van der Waals surface area contributed by atoms with E-state index in [2.05, 4.69) is 28.8 Å². The Hall–Kier alpha value is -0.830. The second-order valence-electron chi connectivity index (χ2n) is 2.61. The van der Waals surface area contributed by atoms with Crippen LogP contribution < -0.4 is 5.32 Å². The summed E-state index contributed by atoms with van der Waals surface area (Å²) in [4.78, 5) is 4.28. The molecule has 62 valence electrons. The third kappa shape index (κ3) is 1.60. The molecule has 0 radical (unpaired) electrons. The molecule has 1 aromatic rings. The van der Waals surface area contributed by atoms with Crippen LogP contribution in [0.15, 0.2) is 6.20 Å². The fraction of sp³-hybridized carbons (Fsp3) is 0.625. The van der Waals surface area contributed by atoms with Gasteiger partial charge in [-0.1, -0.05) is 6.92 Å². The van der Waals surface area contributed by atoms with Crippen LogP contribution >= 0.6 is 0 Å². The summed E-state index contributed by atoms with van der Waals surface area (Å²) < 4.78 is 2.14. The van der Waals surface area contributed by atoms with Crippen molar-refractivity contribution in [2.24, 2.45) is 7.05 Å². The number of hydrogen-bond acceptors (Lipinski definition) is 2. The van der Waals surface area contributed by atoms with Gasteiger partial charge in [-0.25, -0.2) is 4.98 Å². The summed E-state index contributed by atoms with van der Waals surface area (Å²) >= 11 is 0. The molecule has 0 saturated carbocycles. The molecule has 0 fully saturated rings. The van der Waals surface area contributed by atoms with E-state index < -0.39 is 0 Å². The second-order valence-corrected chi connectivity index (χ2v) is 2.61. The van der Waals surface area contributed by atoms with Gasteiger partial charge in [0, 0.05) is 18.9 Å². The van der Waals surface area contributed by atoms with E-state index in [1.165, 1.54) is 5.69 Å². The lowest BCUT2D eigenvalue weighted by Crippen LogP contribution is -2.11. The van der Waals surface area contributed by atoms with Gasteiger partial charge in [-0.2, -0.15) is 0 Å². The monoisotopic (exact) mass is 153 g/mol. The Bertz CT molecular complexity index is 227. The SMILES string of the molecule is CCc1cnc(CNC)n1C. The van der Waals surface area contributed by atoms with Gasteiger partial charge in [0.15, 0.2) is 0 Å². The van der Waals surface area contributed by atoms with Crippen LogP contribution in [0, 0.1) is 0 Å². The molecule has 0 amide bonds. The van der Waals surface area contributed by atoms with Crippen LogP contribution in [0.3, 0.4) is 0 Å². The number of aryl methyl sites for hydroxylation is 1. The predicted octanol–water partition coefficient (Wildman–Crippen LogP) is 0.702. The molecule has 0 aliphatic rings. The third-order valence-electron chi connectivity index (χ3n) is 1.88. The van der Waals surface area contributed by atoms with Gasteiger partial charge in [-0.05, 0) is 13.5 Å². The highest BCUT2D eigenvalue weighted by atomic mass is 15.1. The molecule has 0 unspecified atom stereocenters. The maximum atomic E-state index is 4.28. The van der Waals surface area contributed by atoms with E-state index in [9.17, 15) is 0 Å². The molecule has 1 heterocycles. The molecule has 0 saturated heterocycles. The number of nitrogens with one attached hydrogen (secondary N) is 1. The number of aromatic nitrogens is 2. The van der Waals surface area contributed by atoms with Crippen molar-refractivity contribution < 1.29 is 0 Å². The van der Waals surface area contributed by atoms with Crippen molar-refractivity contribution in [1.29, 1.82) is 0 Å². The van der Waals surface area contributed by atoms with Crippen LogP contribution in [-0.4, -0.2) is 16.6 Å². The van der Waals surface area contributed by atoms with Gasteiger partial charge in [0.25, 0.3) is 0 Å². The highest BCUT2D eigenvalue weighted by Gasteiger charge is 2.01. The zero-order valence-corrected chi connectivity index (χ0v) is 7.39. The minimum Gasteiger partial charge on any atom is -0.334 e. The largest absolute Gasteiger partial charge is 0.334 e. The average molecular weight is 153 g/mol. The Morgan fingerprint density at radius 2 is 2.36 bits per heavy atom. The fourth-order valence-electron chi connectivity index (χ4n) is 1.14. The number of nitrogens with zero attached hydrogens (tertiary/aromatic N) is 2. The van der Waals surface area contributed by atoms with Crippen molar-refractivity contribution in [3.63, 3.8) is 0 Å². The van der Waals surface area contributed by atoms with Crippen molar-refractivity contribution in [1.82, 2.24) is 14.9 Å². The molecule has 0 bridgehead atoms. The molecule has 0 aromatic carbocycles. The van der Waals surface area contributed by atoms with E-state index in [-0.39, 0.29) is 0 Å². The first-order valence-electron chi connectivity index (χ1n) is 3.93. The van der Waals surface area contributed by atoms with Crippen molar-refractivity contribution >= 4 is 0 Å². The lowest BCUT2D eigenvalue weighted by molar-refractivity contribution is 0.693. The topological polar surface area (TPSA) is 29.9 Å². The summed E-state index contributed by atoms with van der Waals surface area (Å²) in [5.74, 6) is 1.10. The van der Waals surface area contributed by atoms with E-state index >= 15 is 0 Å². The summed E-state index contributed by atoms with van der Waals surface area (Å²) in [6.07, 6.45) is 2.99. The minimum atomic E-state index is 0.844. The molecule has 0 aliphatic carbocycles. The Morgan fingerprint density at radius 1 is 1.64 bits per heavy atom. The summed E-state index contributed by atoms with van der Waals surface area (Å²) in [6, 6.07) is 0. The number of rotatable bonds is 3. The molecule has 0 aliphatic heterocycles. The van der Waals surface area contributed by atoms with Gasteiger partial charge < -0.3 is 9.88 Å². The first kappa shape index (κ1) is 8.27. The normalized spacial score (nSPS) is 10.5. The summed E-state index contributed by atoms with van der Waals surface area (Å²) in [5, 5.41) is 3.08. The molecule has 11 heavy (non-hydrogen) atoms. The van der Waals surface area contributed by atoms with Gasteiger partial charge in [0.05, 0.1) is 6.54 Å². The predicted molar refractivity (Wildman–Crippen MR) is 45.3 cm³/mol. The highest BCUT2D eigenvalue weighted by Crippen LogP contribution is 2.02. The van der Waals surface area contributed by atoms with Crippen molar-refractivity contribution in [2.45, 2.75) is 19.9 Å². The molecule has 1 N–H and O–H groups in total. The van der Waals surface area contributed by atoms with Gasteiger partial charge in [0.1, 0.15) is 5.82 Å². The smallest absolute Gasteiger partial charge is 0.122 e. The quantitative estimate of drug-likeness (QED) is 0.692. The van der Waals surface area contributed by atoms with Gasteiger partial charge >= 0.3 is 0 Å². The molecule has 1 aromatic heterocycles. The molecular weight excluding hydrogens is 138 g/mol. The van der Waals surface area contributed by atoms with Crippen molar-refractivity contribution in [2.75, 3.05) is 7.05 Å². The minimum absolute atomic E-state index is 0.844. The van der Waals surface area contributed by atoms with Crippen molar-refractivity contribution in [3.05, 3.63) is 17.7 Å². The summed E-state index contributed by atoms with van der Waals surface area (Å²) in [5.41, 5.74) is 1.29. The first-order chi connectivity index (χ1) is 5.29. The lowest BCUT2D eigenvalue weighted by Gasteiger charge is -2.02. The van der Waals surface area contributed by atoms with Crippen LogP contribution in [0.2, 0.25) is 0 Å². The second kappa shape index (κ2) is 3.53. The zero-order valence-electron chi connectivity index (χ0n) is 7.39. The standard InChI is InChI=1S/C8H15N3/c1-4-7-5-10-8(6-9-2)11(7)3/h5,9H,4,6H2,1-3H3. The summed E-state index contributed by atoms with van der Waals surface area (Å²) in [7, 11) is 3.98. The van der Waals surface area contributed by atoms with E-state index in [1.807, 2.05) is 13.2 Å². The number of hydrogen-bond donors (Lipinski definition) is 1. The van der Waals surface area contributed by atoms with E-state index in [1.54, 1.807) is 0 Å². The van der Waals surface area contributed by atoms with Gasteiger partial charge in [-0.3, -0.25) is 0 Å². The van der Waals surface area contributed by atoms with Gasteiger partial charge in [0.2, 0.25) is 0 Å². The zero-order chi connectivity index (χ0) is 8.27. The van der Waals surface area contributed by atoms with Crippen LogP contribution in [0.1, 0.15) is 18.4 Å². The maximum Gasteiger partial charge on any atom is 0.122 e. The first-order valence-corrected chi connectivity index (χ1v) is 3.93. The molecule has 0 atom stereocenters. The highest BCUT2D eigenvalue weighted by molar-refractivity contribution is 5.04. The Balaban J connectivity index is 2.82. The Morgan fingerprint density at radius 3 is 2.82 bits per heavy atom. The van der Waals surface area contributed by atoms with E-state index in [4.69, 9.17) is 0 Å². The molecule has 0 spiro atoms. The third-order valence-corrected chi connectivity index (χ3v) is 1.88. The van der Waals surface area contributed by atoms with Crippen molar-refractivity contribution in [3.8, 4) is 0 Å². The van der Waals surface area contributed by atoms with Crippen LogP contribution in [0.4, 0.5) is 0 Å². The van der Waals surface area contributed by atoms with E-state index in [0.29, 0.717) is 0 Å².